The van der Waals surface area contributed by atoms with E-state index in [0.29, 0.717) is 28.8 Å². The van der Waals surface area contributed by atoms with Crippen LogP contribution in [0, 0.1) is 6.92 Å². The van der Waals surface area contributed by atoms with Crippen LogP contribution < -0.4 is 16.0 Å². The number of amides is 2. The quantitative estimate of drug-likeness (QED) is 0.377. The van der Waals surface area contributed by atoms with Crippen molar-refractivity contribution in [2.24, 2.45) is 0 Å². The standard InChI is InChI=1S/C22H18F3N7O/c1-14-27-19(12-20(28-14)32-11-10-26-13-32)29-15-6-8-16(9-7-15)30-21(33)31-18-5-3-2-4-17(18)22(23,24)25/h2-13H,1H3,(H,27,28,29)(H2,30,31,33). The van der Waals surface area contributed by atoms with Crippen molar-refractivity contribution in [3.8, 4) is 5.82 Å². The van der Waals surface area contributed by atoms with Crippen molar-refractivity contribution in [3.05, 3.63) is 84.7 Å². The Labute approximate surface area is 186 Å². The minimum atomic E-state index is -4.58. The third-order valence-corrected chi connectivity index (χ3v) is 4.49. The van der Waals surface area contributed by atoms with Gasteiger partial charge in [-0.1, -0.05) is 12.1 Å². The number of rotatable bonds is 5. The molecule has 4 aromatic rings. The fourth-order valence-corrected chi connectivity index (χ4v) is 3.05. The van der Waals surface area contributed by atoms with E-state index >= 15 is 0 Å². The predicted molar refractivity (Wildman–Crippen MR) is 118 cm³/mol. The van der Waals surface area contributed by atoms with Crippen LogP contribution in [-0.4, -0.2) is 25.6 Å². The number of para-hydroxylation sites is 1. The average Bonchev–Trinajstić information content (AvgIpc) is 3.29. The minimum absolute atomic E-state index is 0.325. The lowest BCUT2D eigenvalue weighted by Crippen LogP contribution is -2.21. The smallest absolute Gasteiger partial charge is 0.340 e. The number of hydrogen-bond donors (Lipinski definition) is 3. The number of nitrogens with zero attached hydrogens (tertiary/aromatic N) is 4. The minimum Gasteiger partial charge on any atom is -0.340 e. The van der Waals surface area contributed by atoms with Gasteiger partial charge in [0.05, 0.1) is 11.3 Å². The van der Waals surface area contributed by atoms with Gasteiger partial charge in [-0.05, 0) is 43.3 Å². The molecule has 168 valence electrons. The SMILES string of the molecule is Cc1nc(Nc2ccc(NC(=O)Nc3ccccc3C(F)(F)F)cc2)cc(-n2ccnc2)n1. The summed E-state index contributed by atoms with van der Waals surface area (Å²) in [5, 5.41) is 7.90. The molecule has 2 amide bonds. The number of aryl methyl sites for hydroxylation is 1. The fourth-order valence-electron chi connectivity index (χ4n) is 3.05. The van der Waals surface area contributed by atoms with Crippen molar-refractivity contribution in [2.45, 2.75) is 13.1 Å². The molecule has 2 heterocycles. The van der Waals surface area contributed by atoms with Crippen LogP contribution in [0.4, 0.5) is 40.8 Å². The van der Waals surface area contributed by atoms with Crippen LogP contribution in [0.2, 0.25) is 0 Å². The highest BCUT2D eigenvalue weighted by Crippen LogP contribution is 2.34. The van der Waals surface area contributed by atoms with E-state index in [1.807, 2.05) is 0 Å². The zero-order chi connectivity index (χ0) is 23.4. The number of urea groups is 1. The van der Waals surface area contributed by atoms with Gasteiger partial charge in [0.15, 0.2) is 0 Å². The number of nitrogens with one attached hydrogen (secondary N) is 3. The van der Waals surface area contributed by atoms with E-state index in [0.717, 1.165) is 6.07 Å². The van der Waals surface area contributed by atoms with Crippen LogP contribution in [0.3, 0.4) is 0 Å². The number of carbonyl (C=O) groups is 1. The number of carbonyl (C=O) groups excluding carboxylic acids is 1. The van der Waals surface area contributed by atoms with Gasteiger partial charge in [-0.15, -0.1) is 0 Å². The van der Waals surface area contributed by atoms with Crippen LogP contribution in [0.25, 0.3) is 5.82 Å². The highest BCUT2D eigenvalue weighted by atomic mass is 19.4. The maximum absolute atomic E-state index is 13.1. The Morgan fingerprint density at radius 3 is 2.39 bits per heavy atom. The number of benzene rings is 2. The highest BCUT2D eigenvalue weighted by molar-refractivity contribution is 6.00. The number of anilines is 4. The van der Waals surface area contributed by atoms with Gasteiger partial charge in [-0.2, -0.15) is 13.2 Å². The molecule has 0 aliphatic rings. The summed E-state index contributed by atoms with van der Waals surface area (Å²) < 4.78 is 41.0. The van der Waals surface area contributed by atoms with E-state index in [1.54, 1.807) is 60.5 Å². The van der Waals surface area contributed by atoms with Crippen LogP contribution >= 0.6 is 0 Å². The monoisotopic (exact) mass is 453 g/mol. The Bertz CT molecular complexity index is 1260. The third-order valence-electron chi connectivity index (χ3n) is 4.49. The molecule has 0 spiro atoms. The molecular weight excluding hydrogens is 435 g/mol. The molecule has 4 rings (SSSR count). The van der Waals surface area contributed by atoms with Crippen LogP contribution in [-0.2, 0) is 6.18 Å². The normalized spacial score (nSPS) is 11.2. The number of alkyl halides is 3. The Balaban J connectivity index is 1.42. The van der Waals surface area contributed by atoms with Crippen LogP contribution in [0.15, 0.2) is 73.3 Å². The van der Waals surface area contributed by atoms with E-state index in [9.17, 15) is 18.0 Å². The van der Waals surface area contributed by atoms with E-state index in [4.69, 9.17) is 0 Å². The zero-order valence-corrected chi connectivity index (χ0v) is 17.3. The molecule has 0 unspecified atom stereocenters. The molecule has 2 aromatic heterocycles. The van der Waals surface area contributed by atoms with Crippen molar-refractivity contribution in [3.63, 3.8) is 0 Å². The molecule has 0 radical (unpaired) electrons. The van der Waals surface area contributed by atoms with E-state index < -0.39 is 17.8 Å². The first-order valence-electron chi connectivity index (χ1n) is 9.73. The summed E-state index contributed by atoms with van der Waals surface area (Å²) in [6, 6.07) is 12.4. The first kappa shape index (κ1) is 21.8. The Morgan fingerprint density at radius 1 is 0.970 bits per heavy atom. The average molecular weight is 453 g/mol. The highest BCUT2D eigenvalue weighted by Gasteiger charge is 2.33. The molecule has 8 nitrogen and oxygen atoms in total. The second kappa shape index (κ2) is 8.99. The molecule has 11 heteroatoms. The first-order valence-corrected chi connectivity index (χ1v) is 9.73. The molecule has 0 atom stereocenters. The summed E-state index contributed by atoms with van der Waals surface area (Å²) in [4.78, 5) is 24.9. The number of hydrogen-bond acceptors (Lipinski definition) is 5. The maximum atomic E-state index is 13.1. The van der Waals surface area contributed by atoms with E-state index in [2.05, 4.69) is 30.9 Å². The maximum Gasteiger partial charge on any atom is 0.418 e. The Hall–Kier alpha value is -4.41. The van der Waals surface area contributed by atoms with Gasteiger partial charge >= 0.3 is 12.2 Å². The van der Waals surface area contributed by atoms with Gasteiger partial charge in [-0.25, -0.2) is 19.7 Å². The van der Waals surface area contributed by atoms with Gasteiger partial charge < -0.3 is 16.0 Å². The molecule has 33 heavy (non-hydrogen) atoms. The lowest BCUT2D eigenvalue weighted by atomic mass is 10.1. The Kier molecular flexibility index (Phi) is 5.94. The number of imidazole rings is 1. The second-order valence-corrected chi connectivity index (χ2v) is 6.95. The molecule has 2 aromatic carbocycles. The van der Waals surface area contributed by atoms with Crippen LogP contribution in [0.1, 0.15) is 11.4 Å². The van der Waals surface area contributed by atoms with Crippen molar-refractivity contribution in [2.75, 3.05) is 16.0 Å². The van der Waals surface area contributed by atoms with Crippen molar-refractivity contribution in [1.29, 1.82) is 0 Å². The summed E-state index contributed by atoms with van der Waals surface area (Å²) in [6.45, 7) is 1.77. The summed E-state index contributed by atoms with van der Waals surface area (Å²) in [7, 11) is 0. The molecule has 0 bridgehead atoms. The molecule has 0 aliphatic carbocycles. The topological polar surface area (TPSA) is 96.8 Å². The molecule has 0 fully saturated rings. The summed E-state index contributed by atoms with van der Waals surface area (Å²) in [6.07, 6.45) is 0.469. The largest absolute Gasteiger partial charge is 0.418 e. The summed E-state index contributed by atoms with van der Waals surface area (Å²) >= 11 is 0. The van der Waals surface area contributed by atoms with Crippen LogP contribution in [0.5, 0.6) is 0 Å². The lowest BCUT2D eigenvalue weighted by Gasteiger charge is -2.14. The summed E-state index contributed by atoms with van der Waals surface area (Å²) in [5.41, 5.74) is -0.151. The van der Waals surface area contributed by atoms with E-state index in [1.165, 1.54) is 18.2 Å². The summed E-state index contributed by atoms with van der Waals surface area (Å²) in [5.74, 6) is 1.78. The van der Waals surface area contributed by atoms with Crippen molar-refractivity contribution in [1.82, 2.24) is 19.5 Å². The lowest BCUT2D eigenvalue weighted by molar-refractivity contribution is -0.136. The van der Waals surface area contributed by atoms with Gasteiger partial charge in [0, 0.05) is 29.8 Å². The second-order valence-electron chi connectivity index (χ2n) is 6.95. The zero-order valence-electron chi connectivity index (χ0n) is 17.3. The Morgan fingerprint density at radius 2 is 1.70 bits per heavy atom. The first-order chi connectivity index (χ1) is 15.8. The van der Waals surface area contributed by atoms with Gasteiger partial charge in [0.1, 0.15) is 23.8 Å². The predicted octanol–water partition coefficient (Wildman–Crippen LogP) is 5.38. The molecule has 0 aliphatic heterocycles. The van der Waals surface area contributed by atoms with E-state index in [-0.39, 0.29) is 5.69 Å². The molecule has 3 N–H and O–H groups in total. The van der Waals surface area contributed by atoms with Gasteiger partial charge in [0.2, 0.25) is 0 Å². The molecule has 0 saturated heterocycles. The third kappa shape index (κ3) is 5.45. The van der Waals surface area contributed by atoms with Gasteiger partial charge in [-0.3, -0.25) is 4.57 Å². The van der Waals surface area contributed by atoms with Crippen molar-refractivity contribution >= 4 is 28.9 Å². The van der Waals surface area contributed by atoms with Crippen molar-refractivity contribution < 1.29 is 18.0 Å². The number of aromatic nitrogens is 4. The van der Waals surface area contributed by atoms with Gasteiger partial charge in [0.25, 0.3) is 0 Å². The molecule has 0 saturated carbocycles. The fraction of sp³-hybridized carbons (Fsp3) is 0.0909. The molecular formula is C22H18F3N7O. The number of halogens is 3.